The summed E-state index contributed by atoms with van der Waals surface area (Å²) in [6.07, 6.45) is 0. The molecule has 0 aliphatic carbocycles. The molecule has 0 aliphatic heterocycles. The van der Waals surface area contributed by atoms with Crippen LogP contribution in [0.4, 0.5) is 5.69 Å². The van der Waals surface area contributed by atoms with E-state index in [2.05, 4.69) is 0 Å². The Morgan fingerprint density at radius 2 is 1.82 bits per heavy atom. The lowest BCUT2D eigenvalue weighted by atomic mass is 9.99. The fourth-order valence-corrected chi connectivity index (χ4v) is 1.79. The fourth-order valence-electron chi connectivity index (χ4n) is 1.79. The van der Waals surface area contributed by atoms with Gasteiger partial charge in [0.15, 0.2) is 0 Å². The summed E-state index contributed by atoms with van der Waals surface area (Å²) in [6, 6.07) is 10.8. The van der Waals surface area contributed by atoms with Crippen LogP contribution in [0.3, 0.4) is 0 Å². The number of hydrogen-bond acceptors (Lipinski definition) is 3. The Hall–Kier alpha value is -2.16. The first-order valence-electron chi connectivity index (χ1n) is 5.35. The molecule has 0 bridgehead atoms. The number of benzene rings is 2. The SMILES string of the molecule is COc1ccc(C)c(-c2cc(N)ccc2O)c1. The molecular formula is C14H15NO2. The Balaban J connectivity index is 2.62. The van der Waals surface area contributed by atoms with Crippen LogP contribution in [0, 0.1) is 6.92 Å². The van der Waals surface area contributed by atoms with Crippen molar-refractivity contribution in [2.45, 2.75) is 6.92 Å². The van der Waals surface area contributed by atoms with E-state index in [4.69, 9.17) is 10.5 Å². The number of phenols is 1. The van der Waals surface area contributed by atoms with Gasteiger partial charge in [-0.15, -0.1) is 0 Å². The molecule has 0 saturated carbocycles. The van der Waals surface area contributed by atoms with Crippen molar-refractivity contribution >= 4 is 5.69 Å². The fraction of sp³-hybridized carbons (Fsp3) is 0.143. The molecule has 0 saturated heterocycles. The molecule has 0 unspecified atom stereocenters. The molecule has 0 spiro atoms. The predicted molar refractivity (Wildman–Crippen MR) is 69.2 cm³/mol. The molecule has 2 aromatic rings. The van der Waals surface area contributed by atoms with Crippen LogP contribution in [-0.4, -0.2) is 12.2 Å². The zero-order valence-corrected chi connectivity index (χ0v) is 9.90. The van der Waals surface area contributed by atoms with Crippen molar-refractivity contribution in [3.05, 3.63) is 42.0 Å². The van der Waals surface area contributed by atoms with Crippen molar-refractivity contribution in [1.29, 1.82) is 0 Å². The average molecular weight is 229 g/mol. The molecule has 0 fully saturated rings. The summed E-state index contributed by atoms with van der Waals surface area (Å²) in [5, 5.41) is 9.88. The third kappa shape index (κ3) is 2.18. The molecule has 0 amide bonds. The molecular weight excluding hydrogens is 214 g/mol. The Labute approximate surface area is 100 Å². The smallest absolute Gasteiger partial charge is 0.123 e. The van der Waals surface area contributed by atoms with E-state index in [9.17, 15) is 5.11 Å². The number of nitrogen functional groups attached to an aromatic ring is 1. The molecule has 3 heteroatoms. The van der Waals surface area contributed by atoms with Gasteiger partial charge in [-0.1, -0.05) is 6.07 Å². The normalized spacial score (nSPS) is 10.2. The molecule has 0 atom stereocenters. The Morgan fingerprint density at radius 3 is 2.53 bits per heavy atom. The number of nitrogens with two attached hydrogens (primary N) is 1. The van der Waals surface area contributed by atoms with E-state index in [0.717, 1.165) is 22.4 Å². The Bertz CT molecular complexity index is 550. The van der Waals surface area contributed by atoms with Crippen molar-refractivity contribution < 1.29 is 9.84 Å². The highest BCUT2D eigenvalue weighted by molar-refractivity contribution is 5.76. The second-order valence-electron chi connectivity index (χ2n) is 3.96. The second-order valence-corrected chi connectivity index (χ2v) is 3.96. The van der Waals surface area contributed by atoms with Crippen LogP contribution in [0.2, 0.25) is 0 Å². The number of anilines is 1. The van der Waals surface area contributed by atoms with Crippen LogP contribution in [-0.2, 0) is 0 Å². The van der Waals surface area contributed by atoms with Crippen molar-refractivity contribution in [2.24, 2.45) is 0 Å². The lowest BCUT2D eigenvalue weighted by Gasteiger charge is -2.11. The second kappa shape index (κ2) is 4.37. The van der Waals surface area contributed by atoms with Crippen LogP contribution >= 0.6 is 0 Å². The molecule has 0 heterocycles. The molecule has 0 aliphatic rings. The topological polar surface area (TPSA) is 55.5 Å². The molecule has 0 radical (unpaired) electrons. The van der Waals surface area contributed by atoms with E-state index in [0.29, 0.717) is 5.69 Å². The van der Waals surface area contributed by atoms with E-state index in [-0.39, 0.29) is 5.75 Å². The van der Waals surface area contributed by atoms with Gasteiger partial charge in [-0.2, -0.15) is 0 Å². The minimum Gasteiger partial charge on any atom is -0.507 e. The highest BCUT2D eigenvalue weighted by Gasteiger charge is 2.08. The van der Waals surface area contributed by atoms with Gasteiger partial charge >= 0.3 is 0 Å². The summed E-state index contributed by atoms with van der Waals surface area (Å²) in [7, 11) is 1.62. The summed E-state index contributed by atoms with van der Waals surface area (Å²) in [6.45, 7) is 1.98. The first-order valence-corrected chi connectivity index (χ1v) is 5.35. The quantitative estimate of drug-likeness (QED) is 0.615. The van der Waals surface area contributed by atoms with Crippen LogP contribution < -0.4 is 10.5 Å². The Kier molecular flexibility index (Phi) is 2.91. The average Bonchev–Trinajstić information content (AvgIpc) is 2.33. The minimum atomic E-state index is 0.218. The van der Waals surface area contributed by atoms with Crippen LogP contribution in [0.25, 0.3) is 11.1 Å². The van der Waals surface area contributed by atoms with Gasteiger partial charge in [0.05, 0.1) is 7.11 Å². The Morgan fingerprint density at radius 1 is 1.06 bits per heavy atom. The van der Waals surface area contributed by atoms with Crippen LogP contribution in [0.1, 0.15) is 5.56 Å². The van der Waals surface area contributed by atoms with Gasteiger partial charge in [-0.3, -0.25) is 0 Å². The number of phenolic OH excluding ortho intramolecular Hbond substituents is 1. The number of aromatic hydroxyl groups is 1. The largest absolute Gasteiger partial charge is 0.507 e. The van der Waals surface area contributed by atoms with Gasteiger partial charge in [0.1, 0.15) is 11.5 Å². The lowest BCUT2D eigenvalue weighted by molar-refractivity contribution is 0.415. The van der Waals surface area contributed by atoms with E-state index in [1.807, 2.05) is 25.1 Å². The molecule has 17 heavy (non-hydrogen) atoms. The third-order valence-electron chi connectivity index (χ3n) is 2.76. The van der Waals surface area contributed by atoms with E-state index in [1.165, 1.54) is 0 Å². The summed E-state index contributed by atoms with van der Waals surface area (Å²) in [5.41, 5.74) is 9.08. The van der Waals surface area contributed by atoms with E-state index < -0.39 is 0 Å². The number of rotatable bonds is 2. The maximum absolute atomic E-state index is 9.88. The molecule has 88 valence electrons. The molecule has 2 rings (SSSR count). The maximum Gasteiger partial charge on any atom is 0.123 e. The number of methoxy groups -OCH3 is 1. The van der Waals surface area contributed by atoms with Crippen molar-refractivity contribution in [3.63, 3.8) is 0 Å². The summed E-state index contributed by atoms with van der Waals surface area (Å²) in [5.74, 6) is 0.975. The zero-order chi connectivity index (χ0) is 12.4. The summed E-state index contributed by atoms with van der Waals surface area (Å²) >= 11 is 0. The zero-order valence-electron chi connectivity index (χ0n) is 9.90. The minimum absolute atomic E-state index is 0.218. The number of aryl methyl sites for hydroxylation is 1. The lowest BCUT2D eigenvalue weighted by Crippen LogP contribution is -1.90. The molecule has 3 nitrogen and oxygen atoms in total. The monoisotopic (exact) mass is 229 g/mol. The van der Waals surface area contributed by atoms with Crippen molar-refractivity contribution in [2.75, 3.05) is 12.8 Å². The van der Waals surface area contributed by atoms with Gasteiger partial charge < -0.3 is 15.6 Å². The maximum atomic E-state index is 9.88. The van der Waals surface area contributed by atoms with Crippen molar-refractivity contribution in [1.82, 2.24) is 0 Å². The molecule has 3 N–H and O–H groups in total. The number of ether oxygens (including phenoxy) is 1. The predicted octanol–water partition coefficient (Wildman–Crippen LogP) is 2.96. The highest BCUT2D eigenvalue weighted by Crippen LogP contribution is 2.34. The summed E-state index contributed by atoms with van der Waals surface area (Å²) < 4.78 is 5.19. The van der Waals surface area contributed by atoms with Gasteiger partial charge in [-0.25, -0.2) is 0 Å². The van der Waals surface area contributed by atoms with Gasteiger partial charge in [0.2, 0.25) is 0 Å². The van der Waals surface area contributed by atoms with Crippen LogP contribution in [0.15, 0.2) is 36.4 Å². The standard InChI is InChI=1S/C14H15NO2/c1-9-3-5-11(17-2)8-12(9)13-7-10(15)4-6-14(13)16/h3-8,16H,15H2,1-2H3. The molecule has 0 aromatic heterocycles. The van der Waals surface area contributed by atoms with Gasteiger partial charge in [-0.05, 0) is 48.4 Å². The first-order chi connectivity index (χ1) is 8.11. The molecule has 2 aromatic carbocycles. The van der Waals surface area contributed by atoms with E-state index >= 15 is 0 Å². The highest BCUT2D eigenvalue weighted by atomic mass is 16.5. The third-order valence-corrected chi connectivity index (χ3v) is 2.76. The first kappa shape index (κ1) is 11.3. The van der Waals surface area contributed by atoms with Gasteiger partial charge in [0.25, 0.3) is 0 Å². The van der Waals surface area contributed by atoms with Crippen LogP contribution in [0.5, 0.6) is 11.5 Å². The van der Waals surface area contributed by atoms with E-state index in [1.54, 1.807) is 25.3 Å². The summed E-state index contributed by atoms with van der Waals surface area (Å²) in [4.78, 5) is 0. The van der Waals surface area contributed by atoms with Gasteiger partial charge in [0, 0.05) is 11.3 Å². The van der Waals surface area contributed by atoms with Crippen molar-refractivity contribution in [3.8, 4) is 22.6 Å². The number of hydrogen-bond donors (Lipinski definition) is 2.